The van der Waals surface area contributed by atoms with E-state index in [9.17, 15) is 9.59 Å². The summed E-state index contributed by atoms with van der Waals surface area (Å²) in [6.07, 6.45) is 5.48. The Labute approximate surface area is 179 Å². The minimum absolute atomic E-state index is 0.347. The molecule has 0 aromatic carbocycles. The molecule has 0 aliphatic carbocycles. The summed E-state index contributed by atoms with van der Waals surface area (Å²) in [6.45, 7) is 5.83. The van der Waals surface area contributed by atoms with Crippen molar-refractivity contribution >= 4 is 34.9 Å². The number of anilines is 1. The van der Waals surface area contributed by atoms with Crippen LogP contribution in [0.3, 0.4) is 0 Å². The molecule has 4 rings (SSSR count). The molecule has 8 nitrogen and oxygen atoms in total. The zero-order valence-corrected chi connectivity index (χ0v) is 17.6. The minimum atomic E-state index is -0.384. The zero-order chi connectivity index (χ0) is 20.9. The lowest BCUT2D eigenvalue weighted by molar-refractivity contribution is -0.115. The van der Waals surface area contributed by atoms with Crippen molar-refractivity contribution in [2.24, 2.45) is 5.92 Å². The van der Waals surface area contributed by atoms with E-state index < -0.39 is 0 Å². The monoisotopic (exact) mass is 424 g/mol. The molecule has 0 radical (unpaired) electrons. The summed E-state index contributed by atoms with van der Waals surface area (Å²) in [5.41, 5.74) is 2.78. The van der Waals surface area contributed by atoms with Crippen LogP contribution in [-0.2, 0) is 11.3 Å². The molecule has 2 N–H and O–H groups in total. The van der Waals surface area contributed by atoms with Crippen molar-refractivity contribution in [3.63, 3.8) is 0 Å². The van der Waals surface area contributed by atoms with Crippen LogP contribution in [0.4, 0.5) is 10.7 Å². The van der Waals surface area contributed by atoms with Gasteiger partial charge in [0.15, 0.2) is 0 Å². The second kappa shape index (κ2) is 9.36. The molecule has 0 saturated carbocycles. The van der Waals surface area contributed by atoms with Crippen molar-refractivity contribution in [1.82, 2.24) is 25.2 Å². The fraction of sp³-hybridized carbons (Fsp3) is 0.381. The Kier molecular flexibility index (Phi) is 6.39. The Morgan fingerprint density at radius 1 is 1.23 bits per heavy atom. The largest absolute Gasteiger partial charge is 0.354 e. The molecule has 4 heterocycles. The third-order valence-electron chi connectivity index (χ3n) is 5.19. The molecule has 2 aromatic heterocycles. The van der Waals surface area contributed by atoms with Gasteiger partial charge in [-0.15, -0.1) is 0 Å². The number of imide groups is 1. The van der Waals surface area contributed by atoms with Crippen LogP contribution in [-0.4, -0.2) is 50.6 Å². The highest BCUT2D eigenvalue weighted by molar-refractivity contribution is 8.18. The molecule has 2 aliphatic heterocycles. The Balaban J connectivity index is 1.26. The summed E-state index contributed by atoms with van der Waals surface area (Å²) in [4.78, 5) is 39.1. The number of carbonyl (C=O) groups is 2. The third kappa shape index (κ3) is 5.43. The van der Waals surface area contributed by atoms with Gasteiger partial charge in [-0.25, -0.2) is 9.97 Å². The van der Waals surface area contributed by atoms with Crippen molar-refractivity contribution in [2.75, 3.05) is 25.0 Å². The summed E-state index contributed by atoms with van der Waals surface area (Å²) in [5, 5.41) is 5.20. The first-order valence-corrected chi connectivity index (χ1v) is 10.8. The number of likely N-dealkylation sites (tertiary alicyclic amines) is 1. The normalized spacial score (nSPS) is 19.3. The lowest BCUT2D eigenvalue weighted by atomic mass is 9.96. The van der Waals surface area contributed by atoms with Crippen LogP contribution in [0, 0.1) is 12.8 Å². The molecule has 2 saturated heterocycles. The SMILES string of the molecule is Cc1cccc(CN2CCC(CNc3nccc(/C=C4/SC(=O)NC4=O)n3)CC2)n1. The van der Waals surface area contributed by atoms with Gasteiger partial charge in [-0.1, -0.05) is 6.07 Å². The number of amides is 2. The fourth-order valence-corrected chi connectivity index (χ4v) is 4.26. The Bertz CT molecular complexity index is 971. The fourth-order valence-electron chi connectivity index (χ4n) is 3.59. The molecule has 156 valence electrons. The molecule has 0 spiro atoms. The van der Waals surface area contributed by atoms with Gasteiger partial charge in [-0.2, -0.15) is 0 Å². The average Bonchev–Trinajstić information content (AvgIpc) is 3.04. The number of nitrogens with zero attached hydrogens (tertiary/aromatic N) is 4. The van der Waals surface area contributed by atoms with Gasteiger partial charge in [0, 0.05) is 25.0 Å². The van der Waals surface area contributed by atoms with E-state index in [-0.39, 0.29) is 11.1 Å². The highest BCUT2D eigenvalue weighted by Gasteiger charge is 2.25. The molecule has 2 aliphatic rings. The Hall–Kier alpha value is -2.78. The van der Waals surface area contributed by atoms with Gasteiger partial charge in [0.25, 0.3) is 11.1 Å². The maximum atomic E-state index is 11.7. The van der Waals surface area contributed by atoms with E-state index in [2.05, 4.69) is 42.6 Å². The number of carbonyl (C=O) groups excluding carboxylic acids is 2. The molecule has 0 bridgehead atoms. The highest BCUT2D eigenvalue weighted by atomic mass is 32.2. The predicted molar refractivity (Wildman–Crippen MR) is 117 cm³/mol. The number of piperidine rings is 1. The molecule has 0 atom stereocenters. The van der Waals surface area contributed by atoms with Gasteiger partial charge in [-0.3, -0.25) is 24.8 Å². The van der Waals surface area contributed by atoms with Gasteiger partial charge < -0.3 is 5.32 Å². The van der Waals surface area contributed by atoms with Gasteiger partial charge in [0.1, 0.15) is 0 Å². The van der Waals surface area contributed by atoms with Gasteiger partial charge in [-0.05, 0) is 74.8 Å². The van der Waals surface area contributed by atoms with Crippen molar-refractivity contribution in [3.05, 3.63) is 52.4 Å². The number of rotatable bonds is 6. The van der Waals surface area contributed by atoms with Crippen LogP contribution in [0.15, 0.2) is 35.4 Å². The summed E-state index contributed by atoms with van der Waals surface area (Å²) in [6, 6.07) is 7.89. The van der Waals surface area contributed by atoms with E-state index in [1.54, 1.807) is 18.3 Å². The summed E-state index contributed by atoms with van der Waals surface area (Å²) in [7, 11) is 0. The van der Waals surface area contributed by atoms with Crippen LogP contribution in [0.2, 0.25) is 0 Å². The average molecular weight is 425 g/mol. The number of hydrogen-bond acceptors (Lipinski definition) is 8. The highest BCUT2D eigenvalue weighted by Crippen LogP contribution is 2.25. The zero-order valence-electron chi connectivity index (χ0n) is 16.8. The Morgan fingerprint density at radius 2 is 2.07 bits per heavy atom. The summed E-state index contributed by atoms with van der Waals surface area (Å²) < 4.78 is 0. The van der Waals surface area contributed by atoms with Crippen molar-refractivity contribution < 1.29 is 9.59 Å². The van der Waals surface area contributed by atoms with E-state index >= 15 is 0 Å². The number of aryl methyl sites for hydroxylation is 1. The quantitative estimate of drug-likeness (QED) is 0.683. The predicted octanol–water partition coefficient (Wildman–Crippen LogP) is 2.83. The van der Waals surface area contributed by atoms with Crippen LogP contribution in [0.25, 0.3) is 6.08 Å². The lowest BCUT2D eigenvalue weighted by Crippen LogP contribution is -2.35. The topological polar surface area (TPSA) is 100 Å². The van der Waals surface area contributed by atoms with Crippen LogP contribution in [0.1, 0.15) is 29.9 Å². The molecule has 0 unspecified atom stereocenters. The smallest absolute Gasteiger partial charge is 0.290 e. The van der Waals surface area contributed by atoms with E-state index in [4.69, 9.17) is 0 Å². The number of pyridine rings is 1. The van der Waals surface area contributed by atoms with Crippen molar-refractivity contribution in [2.45, 2.75) is 26.3 Å². The Morgan fingerprint density at radius 3 is 2.80 bits per heavy atom. The maximum Gasteiger partial charge on any atom is 0.290 e. The van der Waals surface area contributed by atoms with Gasteiger partial charge in [0.2, 0.25) is 5.95 Å². The van der Waals surface area contributed by atoms with Crippen molar-refractivity contribution in [1.29, 1.82) is 0 Å². The number of nitrogens with one attached hydrogen (secondary N) is 2. The third-order valence-corrected chi connectivity index (χ3v) is 6.00. The number of thioether (sulfide) groups is 1. The molecular formula is C21H24N6O2S. The number of aromatic nitrogens is 3. The second-order valence-electron chi connectivity index (χ2n) is 7.53. The second-order valence-corrected chi connectivity index (χ2v) is 8.54. The first-order valence-electron chi connectivity index (χ1n) is 10.0. The summed E-state index contributed by atoms with van der Waals surface area (Å²) >= 11 is 0.883. The molecule has 30 heavy (non-hydrogen) atoms. The molecule has 2 aromatic rings. The van der Waals surface area contributed by atoms with Gasteiger partial charge >= 0.3 is 0 Å². The standard InChI is InChI=1S/C21H24N6O2S/c1-14-3-2-4-17(24-14)13-27-9-6-15(7-10-27)12-23-20-22-8-5-16(25-20)11-18-19(28)26-21(29)30-18/h2-5,8,11,15H,6-7,9-10,12-13H2,1H3,(H,22,23,25)(H,26,28,29)/b18-11+. The van der Waals surface area contributed by atoms with Gasteiger partial charge in [0.05, 0.1) is 16.3 Å². The van der Waals surface area contributed by atoms with E-state index in [0.717, 1.165) is 62.2 Å². The first kappa shape index (κ1) is 20.5. The summed E-state index contributed by atoms with van der Waals surface area (Å²) in [5.74, 6) is 0.710. The van der Waals surface area contributed by atoms with Crippen LogP contribution >= 0.6 is 11.8 Å². The van der Waals surface area contributed by atoms with Crippen LogP contribution in [0.5, 0.6) is 0 Å². The van der Waals surface area contributed by atoms with E-state index in [1.165, 1.54) is 0 Å². The first-order chi connectivity index (χ1) is 14.5. The lowest BCUT2D eigenvalue weighted by Gasteiger charge is -2.31. The molecule has 2 fully saturated rings. The van der Waals surface area contributed by atoms with E-state index in [1.807, 2.05) is 13.0 Å². The number of hydrogen-bond donors (Lipinski definition) is 2. The molecule has 9 heteroatoms. The molecule has 2 amide bonds. The maximum absolute atomic E-state index is 11.7. The molecular weight excluding hydrogens is 400 g/mol. The van der Waals surface area contributed by atoms with Crippen molar-refractivity contribution in [3.8, 4) is 0 Å². The minimum Gasteiger partial charge on any atom is -0.354 e. The van der Waals surface area contributed by atoms with E-state index in [0.29, 0.717) is 22.5 Å². The van der Waals surface area contributed by atoms with Crippen LogP contribution < -0.4 is 10.6 Å².